The quantitative estimate of drug-likeness (QED) is 0.790. The molecule has 0 unspecified atom stereocenters. The van der Waals surface area contributed by atoms with Gasteiger partial charge in [0.25, 0.3) is 6.43 Å². The molecule has 1 rings (SSSR count). The Morgan fingerprint density at radius 1 is 1.47 bits per heavy atom. The van der Waals surface area contributed by atoms with Gasteiger partial charge in [0.1, 0.15) is 5.69 Å². The molecule has 0 aromatic carbocycles. The van der Waals surface area contributed by atoms with Crippen LogP contribution in [0.15, 0.2) is 11.1 Å². The lowest BCUT2D eigenvalue weighted by Gasteiger charge is -2.07. The lowest BCUT2D eigenvalue weighted by molar-refractivity contribution is 0.140. The molecule has 0 spiro atoms. The van der Waals surface area contributed by atoms with E-state index in [2.05, 4.69) is 10.1 Å². The maximum absolute atomic E-state index is 12.9. The highest BCUT2D eigenvalue weighted by Crippen LogP contribution is 2.32. The Morgan fingerprint density at radius 2 is 2.00 bits per heavy atom. The monoisotopic (exact) mass is 242 g/mol. The Kier molecular flexibility index (Phi) is 2.86. The molecule has 0 saturated carbocycles. The summed E-state index contributed by atoms with van der Waals surface area (Å²) in [6, 6.07) is 0. The normalized spacial score (nSPS) is 12.1. The van der Waals surface area contributed by atoms with Crippen molar-refractivity contribution in [2.45, 2.75) is 11.3 Å². The van der Waals surface area contributed by atoms with E-state index < -0.39 is 38.6 Å². The van der Waals surface area contributed by atoms with E-state index in [9.17, 15) is 21.6 Å². The number of halogens is 3. The number of hydrogen-bond donors (Lipinski definition) is 2. The highest BCUT2D eigenvalue weighted by molar-refractivity contribution is 7.89. The van der Waals surface area contributed by atoms with Crippen LogP contribution in [0.2, 0.25) is 0 Å². The van der Waals surface area contributed by atoms with Gasteiger partial charge in [0, 0.05) is 0 Å². The van der Waals surface area contributed by atoms with Crippen LogP contribution in [-0.2, 0) is 10.0 Å². The van der Waals surface area contributed by atoms with E-state index >= 15 is 0 Å². The average Bonchev–Trinajstić information content (AvgIpc) is 2.00. The van der Waals surface area contributed by atoms with Crippen LogP contribution in [0.5, 0.6) is 5.75 Å². The first-order valence-electron chi connectivity index (χ1n) is 3.43. The number of nitrogens with zero attached hydrogens (tertiary/aromatic N) is 1. The molecule has 5 nitrogen and oxygen atoms in total. The third-order valence-electron chi connectivity index (χ3n) is 1.48. The number of hydrogen-bond acceptors (Lipinski definition) is 4. The molecule has 9 heteroatoms. The molecule has 1 aromatic rings. The highest BCUT2D eigenvalue weighted by atomic mass is 32.2. The molecule has 0 amide bonds. The summed E-state index contributed by atoms with van der Waals surface area (Å²) in [5, 5.41) is 13.6. The summed E-state index contributed by atoms with van der Waals surface area (Å²) >= 11 is 0. The van der Waals surface area contributed by atoms with Gasteiger partial charge in [-0.05, 0) is 0 Å². The van der Waals surface area contributed by atoms with Crippen molar-refractivity contribution in [1.82, 2.24) is 4.98 Å². The Balaban J connectivity index is 3.59. The zero-order valence-electron chi connectivity index (χ0n) is 6.99. The van der Waals surface area contributed by atoms with E-state index in [0.717, 1.165) is 0 Å². The zero-order chi connectivity index (χ0) is 11.8. The van der Waals surface area contributed by atoms with E-state index in [-0.39, 0.29) is 6.20 Å². The smallest absolute Gasteiger partial charge is 0.284 e. The maximum atomic E-state index is 12.9. The molecule has 84 valence electrons. The molecule has 0 saturated heterocycles. The highest BCUT2D eigenvalue weighted by Gasteiger charge is 2.26. The molecule has 0 fully saturated rings. The maximum Gasteiger partial charge on any atom is 0.284 e. The largest absolute Gasteiger partial charge is 0.504 e. The van der Waals surface area contributed by atoms with Crippen molar-refractivity contribution in [3.05, 3.63) is 17.7 Å². The predicted octanol–water partition coefficient (Wildman–Crippen LogP) is 0.511. The molecule has 0 aliphatic carbocycles. The number of rotatable bonds is 2. The van der Waals surface area contributed by atoms with Gasteiger partial charge in [-0.15, -0.1) is 0 Å². The summed E-state index contributed by atoms with van der Waals surface area (Å²) in [5.74, 6) is -2.95. The van der Waals surface area contributed by atoms with Gasteiger partial charge in [0.15, 0.2) is 16.5 Å². The van der Waals surface area contributed by atoms with Crippen molar-refractivity contribution < 1.29 is 26.7 Å². The summed E-state index contributed by atoms with van der Waals surface area (Å²) in [5.41, 5.74) is -1.24. The second-order valence-corrected chi connectivity index (χ2v) is 4.01. The fourth-order valence-electron chi connectivity index (χ4n) is 0.906. The van der Waals surface area contributed by atoms with Gasteiger partial charge in [0.2, 0.25) is 10.0 Å². The minimum Gasteiger partial charge on any atom is -0.504 e. The number of primary sulfonamides is 1. The summed E-state index contributed by atoms with van der Waals surface area (Å²) in [6.45, 7) is 0. The van der Waals surface area contributed by atoms with Crippen LogP contribution in [0.4, 0.5) is 13.2 Å². The first-order chi connectivity index (χ1) is 6.75. The van der Waals surface area contributed by atoms with Gasteiger partial charge in [0.05, 0.1) is 6.20 Å². The molecular weight excluding hydrogens is 237 g/mol. The molecule has 15 heavy (non-hydrogen) atoms. The third-order valence-corrected chi connectivity index (χ3v) is 2.44. The van der Waals surface area contributed by atoms with Crippen LogP contribution < -0.4 is 5.14 Å². The summed E-state index contributed by atoms with van der Waals surface area (Å²) < 4.78 is 58.7. The second-order valence-electron chi connectivity index (χ2n) is 2.51. The van der Waals surface area contributed by atoms with Crippen molar-refractivity contribution in [3.63, 3.8) is 0 Å². The molecule has 1 aromatic heterocycles. The molecule has 3 N–H and O–H groups in total. The van der Waals surface area contributed by atoms with Crippen LogP contribution in [0.3, 0.4) is 0 Å². The SMILES string of the molecule is NS(=O)(=O)c1c(F)cnc(C(F)F)c1O. The molecule has 0 aliphatic rings. The van der Waals surface area contributed by atoms with E-state index in [0.29, 0.717) is 0 Å². The lowest BCUT2D eigenvalue weighted by atomic mass is 10.3. The van der Waals surface area contributed by atoms with E-state index in [4.69, 9.17) is 5.11 Å². The molecule has 0 aliphatic heterocycles. The van der Waals surface area contributed by atoms with Gasteiger partial charge in [-0.2, -0.15) is 0 Å². The molecular formula is C6H5F3N2O3S. The minimum absolute atomic E-state index is 0.251. The molecule has 0 radical (unpaired) electrons. The number of pyridine rings is 1. The van der Waals surface area contributed by atoms with Crippen molar-refractivity contribution in [3.8, 4) is 5.75 Å². The average molecular weight is 242 g/mol. The summed E-state index contributed by atoms with van der Waals surface area (Å²) in [7, 11) is -4.62. The zero-order valence-corrected chi connectivity index (χ0v) is 7.80. The fraction of sp³-hybridized carbons (Fsp3) is 0.167. The number of alkyl halides is 2. The standard InChI is InChI=1S/C6H5F3N2O3S/c7-2-1-11-3(6(8)9)4(12)5(2)15(10,13)14/h1,6,12H,(H2,10,13,14). The predicted molar refractivity (Wildman–Crippen MR) is 42.2 cm³/mol. The topological polar surface area (TPSA) is 93.3 Å². The number of aromatic hydroxyl groups is 1. The van der Waals surface area contributed by atoms with Gasteiger partial charge in [-0.25, -0.2) is 31.7 Å². The lowest BCUT2D eigenvalue weighted by Crippen LogP contribution is -2.15. The van der Waals surface area contributed by atoms with Crippen LogP contribution >= 0.6 is 0 Å². The first kappa shape index (κ1) is 11.7. The van der Waals surface area contributed by atoms with Crippen LogP contribution in [0, 0.1) is 5.82 Å². The van der Waals surface area contributed by atoms with Gasteiger partial charge in [-0.1, -0.05) is 0 Å². The second kappa shape index (κ2) is 3.66. The van der Waals surface area contributed by atoms with Crippen molar-refractivity contribution in [2.24, 2.45) is 5.14 Å². The van der Waals surface area contributed by atoms with Crippen LogP contribution in [0.1, 0.15) is 12.1 Å². The Labute approximate surface area is 82.4 Å². The Bertz CT molecular complexity index is 489. The molecule has 0 bridgehead atoms. The Morgan fingerprint density at radius 3 is 2.40 bits per heavy atom. The van der Waals surface area contributed by atoms with Gasteiger partial charge in [-0.3, -0.25) is 0 Å². The molecule has 1 heterocycles. The summed E-state index contributed by atoms with van der Waals surface area (Å²) in [4.78, 5) is 1.47. The minimum atomic E-state index is -4.62. The fourth-order valence-corrected chi connectivity index (χ4v) is 1.60. The first-order valence-corrected chi connectivity index (χ1v) is 4.98. The van der Waals surface area contributed by atoms with Gasteiger partial charge >= 0.3 is 0 Å². The van der Waals surface area contributed by atoms with E-state index in [1.807, 2.05) is 0 Å². The van der Waals surface area contributed by atoms with Crippen LogP contribution in [-0.4, -0.2) is 18.5 Å². The van der Waals surface area contributed by atoms with Crippen molar-refractivity contribution >= 4 is 10.0 Å². The van der Waals surface area contributed by atoms with E-state index in [1.54, 1.807) is 0 Å². The molecule has 0 atom stereocenters. The van der Waals surface area contributed by atoms with Crippen molar-refractivity contribution in [2.75, 3.05) is 0 Å². The van der Waals surface area contributed by atoms with Crippen LogP contribution in [0.25, 0.3) is 0 Å². The van der Waals surface area contributed by atoms with Gasteiger partial charge < -0.3 is 5.11 Å². The third kappa shape index (κ3) is 2.18. The van der Waals surface area contributed by atoms with Crippen molar-refractivity contribution in [1.29, 1.82) is 0 Å². The number of nitrogens with two attached hydrogens (primary N) is 1. The Hall–Kier alpha value is -1.35. The summed E-state index contributed by atoms with van der Waals surface area (Å²) in [6.07, 6.45) is -2.98. The number of aromatic nitrogens is 1. The number of sulfonamides is 1. The van der Waals surface area contributed by atoms with E-state index in [1.165, 1.54) is 0 Å².